The summed E-state index contributed by atoms with van der Waals surface area (Å²) in [6, 6.07) is 18.5. The first-order chi connectivity index (χ1) is 25.8. The number of hydrogen-bond acceptors (Lipinski definition) is 8. The number of hydrogen-bond donors (Lipinski definition) is 0. The largest absolute Gasteiger partial charge is 0.496 e. The Morgan fingerprint density at radius 2 is 1.67 bits per heavy atom. The van der Waals surface area contributed by atoms with Gasteiger partial charge in [0.2, 0.25) is 0 Å². The molecule has 3 atom stereocenters. The number of methoxy groups -OCH3 is 2. The van der Waals surface area contributed by atoms with E-state index in [-0.39, 0.29) is 35.2 Å². The zero-order valence-corrected chi connectivity index (χ0v) is 34.0. The molecule has 2 aromatic heterocycles. The molecule has 0 aliphatic carbocycles. The van der Waals surface area contributed by atoms with Gasteiger partial charge in [0.1, 0.15) is 27.7 Å². The Bertz CT molecular complexity index is 2170. The minimum atomic E-state index is -0.277. The van der Waals surface area contributed by atoms with Crippen molar-refractivity contribution < 1.29 is 14.3 Å². The topological polar surface area (TPSA) is 104 Å². The molecular formula is C43H49BrN6O4. The third-order valence-electron chi connectivity index (χ3n) is 11.2. The summed E-state index contributed by atoms with van der Waals surface area (Å²) in [6.07, 6.45) is 4.17. The summed E-state index contributed by atoms with van der Waals surface area (Å²) >= 11 is 3.37. The lowest BCUT2D eigenvalue weighted by molar-refractivity contribution is -0.129. The van der Waals surface area contributed by atoms with E-state index in [0.717, 1.165) is 70.9 Å². The van der Waals surface area contributed by atoms with E-state index in [0.29, 0.717) is 23.4 Å². The van der Waals surface area contributed by atoms with Crippen LogP contribution < -0.4 is 15.0 Å². The van der Waals surface area contributed by atoms with Gasteiger partial charge in [0, 0.05) is 69.2 Å². The number of rotatable bonds is 9. The number of carbonyl (C=O) groups is 1. The van der Waals surface area contributed by atoms with Gasteiger partial charge in [-0.1, -0.05) is 24.3 Å². The van der Waals surface area contributed by atoms with Crippen molar-refractivity contribution in [1.29, 1.82) is 5.26 Å². The fraction of sp³-hybridized carbons (Fsp3) is 0.395. The maximum atomic E-state index is 13.7. The van der Waals surface area contributed by atoms with Gasteiger partial charge < -0.3 is 18.9 Å². The van der Waals surface area contributed by atoms with Crippen LogP contribution in [0.25, 0.3) is 17.2 Å². The fourth-order valence-electron chi connectivity index (χ4n) is 8.21. The molecule has 0 saturated carbocycles. The van der Waals surface area contributed by atoms with E-state index in [4.69, 9.17) is 9.47 Å². The summed E-state index contributed by atoms with van der Waals surface area (Å²) < 4.78 is 14.2. The highest BCUT2D eigenvalue weighted by atomic mass is 79.9. The molecule has 6 rings (SSSR count). The Labute approximate surface area is 326 Å². The number of aryl methyl sites for hydroxylation is 1. The summed E-state index contributed by atoms with van der Waals surface area (Å²) in [4.78, 5) is 37.4. The Hall–Kier alpha value is -4.76. The van der Waals surface area contributed by atoms with Crippen molar-refractivity contribution >= 4 is 27.9 Å². The third-order valence-corrected chi connectivity index (χ3v) is 11.7. The number of amides is 1. The molecule has 1 fully saturated rings. The molecule has 2 aromatic carbocycles. The average Bonchev–Trinajstić information content (AvgIpc) is 3.16. The molecule has 282 valence electrons. The highest BCUT2D eigenvalue weighted by Gasteiger charge is 2.34. The number of nitrogens with zero attached hydrogens (tertiary/aromatic N) is 6. The molecule has 10 nitrogen and oxygen atoms in total. The van der Waals surface area contributed by atoms with Crippen LogP contribution in [0.4, 0.5) is 0 Å². The second kappa shape index (κ2) is 16.3. The summed E-state index contributed by atoms with van der Waals surface area (Å²) in [5.41, 5.74) is 8.96. The number of aromatic nitrogens is 2. The van der Waals surface area contributed by atoms with Crippen molar-refractivity contribution in [3.63, 3.8) is 0 Å². The lowest BCUT2D eigenvalue weighted by Crippen LogP contribution is -2.55. The normalized spacial score (nSPS) is 19.3. The molecule has 54 heavy (non-hydrogen) atoms. The average molecular weight is 794 g/mol. The maximum Gasteiger partial charge on any atom is 0.265 e. The fourth-order valence-corrected chi connectivity index (χ4v) is 8.57. The molecule has 0 bridgehead atoms. The summed E-state index contributed by atoms with van der Waals surface area (Å²) in [7, 11) is 5.17. The number of halogens is 1. The standard InChI is InChI=1S/C43H49BrN6O4/c1-26-21-48(25-38-39(53-7)18-32(19-40(38)54-8)37-24-47(6)42(51)29(4)28(37)3)22-27(2)50(26)23-31-11-9-13-35-30(5)49(16-15-36(31)35)43(52)33(20-45)17-34-12-10-14-41(44)46-34/h9-14,17-19,24,26-27,30H,15-16,21-23,25H2,1-8H3/b33-17+/t26-,27-,30?/m0/s1. The van der Waals surface area contributed by atoms with Gasteiger partial charge >= 0.3 is 0 Å². The van der Waals surface area contributed by atoms with Crippen LogP contribution in [0.1, 0.15) is 65.9 Å². The van der Waals surface area contributed by atoms with Crippen LogP contribution >= 0.6 is 15.9 Å². The maximum absolute atomic E-state index is 13.7. The van der Waals surface area contributed by atoms with Crippen molar-refractivity contribution in [2.45, 2.75) is 72.3 Å². The summed E-state index contributed by atoms with van der Waals surface area (Å²) in [5.74, 6) is 1.25. The van der Waals surface area contributed by atoms with Crippen molar-refractivity contribution in [2.75, 3.05) is 33.9 Å². The predicted octanol–water partition coefficient (Wildman–Crippen LogP) is 6.99. The van der Waals surface area contributed by atoms with Crippen molar-refractivity contribution in [1.82, 2.24) is 24.3 Å². The third kappa shape index (κ3) is 7.74. The monoisotopic (exact) mass is 792 g/mol. The quantitative estimate of drug-likeness (QED) is 0.102. The number of piperazine rings is 1. The highest BCUT2D eigenvalue weighted by molar-refractivity contribution is 9.10. The van der Waals surface area contributed by atoms with Crippen LogP contribution in [0, 0.1) is 25.2 Å². The number of carbonyl (C=O) groups excluding carboxylic acids is 1. The first kappa shape index (κ1) is 38.9. The smallest absolute Gasteiger partial charge is 0.265 e. The number of benzene rings is 2. The number of pyridine rings is 2. The lowest BCUT2D eigenvalue weighted by atomic mass is 9.88. The molecule has 4 aromatic rings. The zero-order chi connectivity index (χ0) is 38.8. The van der Waals surface area contributed by atoms with Crippen LogP contribution in [-0.4, -0.2) is 76.1 Å². The van der Waals surface area contributed by atoms with Gasteiger partial charge in [0.05, 0.1) is 31.5 Å². The van der Waals surface area contributed by atoms with Gasteiger partial charge in [-0.3, -0.25) is 19.4 Å². The van der Waals surface area contributed by atoms with Crippen LogP contribution in [0.2, 0.25) is 0 Å². The SMILES string of the molecule is COc1cc(-c2cn(C)c(=O)c(C)c2C)cc(OC)c1CN1C[C@H](C)N(Cc2cccc3c2CCN(C(=O)/C(C#N)=C/c2cccc(Br)n2)C3C)[C@@H](C)C1. The molecule has 2 aliphatic heterocycles. The predicted molar refractivity (Wildman–Crippen MR) is 215 cm³/mol. The Balaban J connectivity index is 1.17. The molecule has 4 heterocycles. The van der Waals surface area contributed by atoms with Gasteiger partial charge in [-0.15, -0.1) is 0 Å². The van der Waals surface area contributed by atoms with E-state index in [9.17, 15) is 14.9 Å². The summed E-state index contributed by atoms with van der Waals surface area (Å²) in [5, 5.41) is 9.92. The zero-order valence-electron chi connectivity index (χ0n) is 32.4. The van der Waals surface area contributed by atoms with Crippen LogP contribution in [0.5, 0.6) is 11.5 Å². The molecule has 0 N–H and O–H groups in total. The second-order valence-electron chi connectivity index (χ2n) is 14.6. The molecule has 1 saturated heterocycles. The van der Waals surface area contributed by atoms with Crippen LogP contribution in [0.15, 0.2) is 69.7 Å². The van der Waals surface area contributed by atoms with E-state index in [1.165, 1.54) is 11.1 Å². The van der Waals surface area contributed by atoms with Gasteiger partial charge in [0.25, 0.3) is 11.5 Å². The van der Waals surface area contributed by atoms with Crippen LogP contribution in [-0.2, 0) is 31.4 Å². The minimum Gasteiger partial charge on any atom is -0.496 e. The van der Waals surface area contributed by atoms with E-state index in [2.05, 4.69) is 87.9 Å². The first-order valence-corrected chi connectivity index (χ1v) is 19.2. The molecular weight excluding hydrogens is 744 g/mol. The molecule has 0 spiro atoms. The van der Waals surface area contributed by atoms with Gasteiger partial charge in [-0.2, -0.15) is 5.26 Å². The number of ether oxygens (including phenoxy) is 2. The van der Waals surface area contributed by atoms with Crippen molar-refractivity contribution in [3.8, 4) is 28.7 Å². The molecule has 1 unspecified atom stereocenters. The Morgan fingerprint density at radius 1 is 1.00 bits per heavy atom. The van der Waals surface area contributed by atoms with E-state index in [1.807, 2.05) is 37.1 Å². The molecule has 0 radical (unpaired) electrons. The van der Waals surface area contributed by atoms with Crippen molar-refractivity contribution in [3.05, 3.63) is 114 Å². The Morgan fingerprint density at radius 3 is 2.30 bits per heavy atom. The van der Waals surface area contributed by atoms with Gasteiger partial charge in [-0.25, -0.2) is 4.98 Å². The molecule has 2 aliphatic rings. The minimum absolute atomic E-state index is 0.00363. The first-order valence-electron chi connectivity index (χ1n) is 18.4. The highest BCUT2D eigenvalue weighted by Crippen LogP contribution is 2.38. The molecule has 11 heteroatoms. The Kier molecular flexibility index (Phi) is 11.8. The van der Waals surface area contributed by atoms with E-state index >= 15 is 0 Å². The van der Waals surface area contributed by atoms with Gasteiger partial charge in [0.15, 0.2) is 0 Å². The molecule has 1 amide bonds. The second-order valence-corrected chi connectivity index (χ2v) is 15.4. The van der Waals surface area contributed by atoms with Crippen LogP contribution in [0.3, 0.4) is 0 Å². The van der Waals surface area contributed by atoms with Crippen molar-refractivity contribution in [2.24, 2.45) is 7.05 Å². The number of nitriles is 1. The van der Waals surface area contributed by atoms with E-state index in [1.54, 1.807) is 38.0 Å². The number of fused-ring (bicyclic) bond motifs is 1. The summed E-state index contributed by atoms with van der Waals surface area (Å²) in [6.45, 7) is 14.3. The van der Waals surface area contributed by atoms with E-state index < -0.39 is 0 Å². The lowest BCUT2D eigenvalue weighted by Gasteiger charge is -2.45. The van der Waals surface area contributed by atoms with Gasteiger partial charge in [-0.05, 0) is 115 Å².